The Morgan fingerprint density at radius 2 is 2.20 bits per heavy atom. The molecule has 1 aromatic carbocycles. The van der Waals surface area contributed by atoms with E-state index in [1.165, 1.54) is 19.1 Å². The van der Waals surface area contributed by atoms with Gasteiger partial charge in [-0.1, -0.05) is 6.07 Å². The SMILES string of the molecule is CC(=O)N(c1cccc(F)c1)C1CCC1. The van der Waals surface area contributed by atoms with Crippen LogP contribution >= 0.6 is 0 Å². The number of hydrogen-bond donors (Lipinski definition) is 0. The Kier molecular flexibility index (Phi) is 2.71. The zero-order valence-electron chi connectivity index (χ0n) is 8.74. The van der Waals surface area contributed by atoms with Crippen LogP contribution in [0, 0.1) is 5.82 Å². The molecule has 2 rings (SSSR count). The molecule has 0 bridgehead atoms. The first-order valence-corrected chi connectivity index (χ1v) is 5.24. The highest BCUT2D eigenvalue weighted by Gasteiger charge is 2.27. The summed E-state index contributed by atoms with van der Waals surface area (Å²) in [6.45, 7) is 1.53. The Labute approximate surface area is 88.7 Å². The topological polar surface area (TPSA) is 20.3 Å². The van der Waals surface area contributed by atoms with E-state index in [9.17, 15) is 9.18 Å². The van der Waals surface area contributed by atoms with E-state index in [0.717, 1.165) is 19.3 Å². The molecule has 1 aliphatic carbocycles. The lowest BCUT2D eigenvalue weighted by molar-refractivity contribution is -0.117. The fourth-order valence-corrected chi connectivity index (χ4v) is 1.92. The van der Waals surface area contributed by atoms with E-state index in [1.54, 1.807) is 17.0 Å². The minimum Gasteiger partial charge on any atom is -0.310 e. The van der Waals surface area contributed by atoms with Crippen molar-refractivity contribution in [2.24, 2.45) is 0 Å². The number of benzene rings is 1. The van der Waals surface area contributed by atoms with Crippen LogP contribution in [0.2, 0.25) is 0 Å². The quantitative estimate of drug-likeness (QED) is 0.730. The van der Waals surface area contributed by atoms with Gasteiger partial charge in [0.1, 0.15) is 5.82 Å². The summed E-state index contributed by atoms with van der Waals surface area (Å²) in [4.78, 5) is 13.2. The summed E-state index contributed by atoms with van der Waals surface area (Å²) in [5, 5.41) is 0. The predicted octanol–water partition coefficient (Wildman–Crippen LogP) is 2.73. The van der Waals surface area contributed by atoms with Gasteiger partial charge in [0.25, 0.3) is 0 Å². The third-order valence-corrected chi connectivity index (χ3v) is 2.87. The maximum atomic E-state index is 13.0. The molecule has 0 spiro atoms. The number of anilines is 1. The van der Waals surface area contributed by atoms with Gasteiger partial charge in [0.15, 0.2) is 0 Å². The van der Waals surface area contributed by atoms with Crippen molar-refractivity contribution >= 4 is 11.6 Å². The number of amides is 1. The van der Waals surface area contributed by atoms with Gasteiger partial charge in [-0.05, 0) is 37.5 Å². The van der Waals surface area contributed by atoms with Gasteiger partial charge in [-0.15, -0.1) is 0 Å². The highest BCUT2D eigenvalue weighted by molar-refractivity contribution is 5.92. The van der Waals surface area contributed by atoms with Crippen LogP contribution < -0.4 is 4.90 Å². The molecular formula is C12H14FNO. The molecule has 0 aliphatic heterocycles. The molecule has 0 radical (unpaired) electrons. The van der Waals surface area contributed by atoms with Gasteiger partial charge >= 0.3 is 0 Å². The Bertz CT molecular complexity index is 374. The zero-order valence-corrected chi connectivity index (χ0v) is 8.74. The summed E-state index contributed by atoms with van der Waals surface area (Å²) >= 11 is 0. The standard InChI is InChI=1S/C12H14FNO/c1-9(15)14(11-5-3-6-11)12-7-2-4-10(13)8-12/h2,4,7-8,11H,3,5-6H2,1H3. The summed E-state index contributed by atoms with van der Waals surface area (Å²) < 4.78 is 13.0. The molecule has 1 amide bonds. The Morgan fingerprint density at radius 1 is 1.47 bits per heavy atom. The second kappa shape index (κ2) is 4.01. The minimum atomic E-state index is -0.293. The molecule has 1 fully saturated rings. The Hall–Kier alpha value is -1.38. The molecule has 0 atom stereocenters. The van der Waals surface area contributed by atoms with Crippen molar-refractivity contribution in [2.75, 3.05) is 4.90 Å². The van der Waals surface area contributed by atoms with Crippen molar-refractivity contribution in [3.05, 3.63) is 30.1 Å². The van der Waals surface area contributed by atoms with Gasteiger partial charge in [0, 0.05) is 18.7 Å². The van der Waals surface area contributed by atoms with Crippen LogP contribution in [0.25, 0.3) is 0 Å². The highest BCUT2D eigenvalue weighted by Crippen LogP contribution is 2.29. The monoisotopic (exact) mass is 207 g/mol. The molecule has 15 heavy (non-hydrogen) atoms. The number of rotatable bonds is 2. The van der Waals surface area contributed by atoms with Gasteiger partial charge in [-0.25, -0.2) is 4.39 Å². The number of hydrogen-bond acceptors (Lipinski definition) is 1. The van der Waals surface area contributed by atoms with Crippen LogP contribution in [0.4, 0.5) is 10.1 Å². The molecule has 3 heteroatoms. The molecule has 0 N–H and O–H groups in total. The lowest BCUT2D eigenvalue weighted by Gasteiger charge is -2.36. The van der Waals surface area contributed by atoms with Crippen LogP contribution in [0.1, 0.15) is 26.2 Å². The molecular weight excluding hydrogens is 193 g/mol. The maximum absolute atomic E-state index is 13.0. The second-order valence-electron chi connectivity index (χ2n) is 3.95. The first-order chi connectivity index (χ1) is 7.18. The molecule has 1 saturated carbocycles. The van der Waals surface area contributed by atoms with Crippen molar-refractivity contribution in [3.63, 3.8) is 0 Å². The van der Waals surface area contributed by atoms with Gasteiger partial charge in [0.2, 0.25) is 5.91 Å². The number of nitrogens with zero attached hydrogens (tertiary/aromatic N) is 1. The fourth-order valence-electron chi connectivity index (χ4n) is 1.92. The molecule has 0 aromatic heterocycles. The van der Waals surface area contributed by atoms with Crippen LogP contribution in [-0.2, 0) is 4.79 Å². The van der Waals surface area contributed by atoms with Crippen molar-refractivity contribution in [3.8, 4) is 0 Å². The van der Waals surface area contributed by atoms with Crippen LogP contribution in [0.3, 0.4) is 0 Å². The third-order valence-electron chi connectivity index (χ3n) is 2.87. The maximum Gasteiger partial charge on any atom is 0.224 e. The van der Waals surface area contributed by atoms with E-state index in [2.05, 4.69) is 0 Å². The van der Waals surface area contributed by atoms with Gasteiger partial charge < -0.3 is 4.90 Å². The predicted molar refractivity (Wildman–Crippen MR) is 57.2 cm³/mol. The van der Waals surface area contributed by atoms with Gasteiger partial charge in [-0.2, -0.15) is 0 Å². The van der Waals surface area contributed by atoms with Crippen molar-refractivity contribution in [1.29, 1.82) is 0 Å². The molecule has 0 saturated heterocycles. The van der Waals surface area contributed by atoms with E-state index in [4.69, 9.17) is 0 Å². The number of carbonyl (C=O) groups is 1. The molecule has 1 aromatic rings. The summed E-state index contributed by atoms with van der Waals surface area (Å²) in [5.41, 5.74) is 0.673. The van der Waals surface area contributed by atoms with E-state index in [0.29, 0.717) is 5.69 Å². The van der Waals surface area contributed by atoms with Crippen molar-refractivity contribution in [2.45, 2.75) is 32.2 Å². The third kappa shape index (κ3) is 2.01. The first-order valence-electron chi connectivity index (χ1n) is 5.24. The number of halogens is 1. The normalized spacial score (nSPS) is 15.9. The first kappa shape index (κ1) is 10.1. The summed E-state index contributed by atoms with van der Waals surface area (Å²) in [7, 11) is 0. The fraction of sp³-hybridized carbons (Fsp3) is 0.417. The van der Waals surface area contributed by atoms with E-state index >= 15 is 0 Å². The Balaban J connectivity index is 2.27. The zero-order chi connectivity index (χ0) is 10.8. The Morgan fingerprint density at radius 3 is 2.67 bits per heavy atom. The smallest absolute Gasteiger partial charge is 0.224 e. The molecule has 0 unspecified atom stereocenters. The van der Waals surface area contributed by atoms with Crippen molar-refractivity contribution < 1.29 is 9.18 Å². The van der Waals surface area contributed by atoms with E-state index in [-0.39, 0.29) is 17.8 Å². The van der Waals surface area contributed by atoms with Gasteiger partial charge in [0.05, 0.1) is 0 Å². The molecule has 2 nitrogen and oxygen atoms in total. The molecule has 0 heterocycles. The van der Waals surface area contributed by atoms with E-state index in [1.807, 2.05) is 0 Å². The van der Waals surface area contributed by atoms with Crippen molar-refractivity contribution in [1.82, 2.24) is 0 Å². The highest BCUT2D eigenvalue weighted by atomic mass is 19.1. The molecule has 1 aliphatic rings. The average molecular weight is 207 g/mol. The average Bonchev–Trinajstić information content (AvgIpc) is 2.10. The number of carbonyl (C=O) groups excluding carboxylic acids is 1. The lowest BCUT2D eigenvalue weighted by Crippen LogP contribution is -2.43. The van der Waals surface area contributed by atoms with Crippen LogP contribution in [0.5, 0.6) is 0 Å². The minimum absolute atomic E-state index is 0.00898. The van der Waals surface area contributed by atoms with E-state index < -0.39 is 0 Å². The lowest BCUT2D eigenvalue weighted by atomic mass is 9.91. The van der Waals surface area contributed by atoms with Crippen LogP contribution in [-0.4, -0.2) is 11.9 Å². The summed E-state index contributed by atoms with van der Waals surface area (Å²) in [5.74, 6) is -0.302. The molecule has 80 valence electrons. The second-order valence-corrected chi connectivity index (χ2v) is 3.95. The summed E-state index contributed by atoms with van der Waals surface area (Å²) in [6.07, 6.45) is 3.20. The van der Waals surface area contributed by atoms with Crippen LogP contribution in [0.15, 0.2) is 24.3 Å². The van der Waals surface area contributed by atoms with Gasteiger partial charge in [-0.3, -0.25) is 4.79 Å². The summed E-state index contributed by atoms with van der Waals surface area (Å²) in [6, 6.07) is 6.49. The largest absolute Gasteiger partial charge is 0.310 e.